The van der Waals surface area contributed by atoms with E-state index in [0.717, 1.165) is 29.5 Å². The van der Waals surface area contributed by atoms with Crippen LogP contribution in [0.1, 0.15) is 44.2 Å². The largest absolute Gasteiger partial charge is 0.416 e. The van der Waals surface area contributed by atoms with Gasteiger partial charge in [0, 0.05) is 41.4 Å². The maximum absolute atomic E-state index is 13.4. The zero-order valence-corrected chi connectivity index (χ0v) is 19.5. The lowest BCUT2D eigenvalue weighted by molar-refractivity contribution is -0.137. The molecule has 35 heavy (non-hydrogen) atoms. The Morgan fingerprint density at radius 2 is 1.97 bits per heavy atom. The molecular formula is C27H26F3N3O2. The van der Waals surface area contributed by atoms with E-state index in [9.17, 15) is 22.8 Å². The van der Waals surface area contributed by atoms with Crippen molar-refractivity contribution in [1.29, 1.82) is 0 Å². The molecule has 2 aromatic carbocycles. The quantitative estimate of drug-likeness (QED) is 0.426. The number of benzene rings is 2. The molecule has 1 unspecified atom stereocenters. The molecule has 5 nitrogen and oxygen atoms in total. The Kier molecular flexibility index (Phi) is 6.91. The molecule has 182 valence electrons. The predicted molar refractivity (Wildman–Crippen MR) is 131 cm³/mol. The van der Waals surface area contributed by atoms with Crippen molar-refractivity contribution in [3.05, 3.63) is 71.9 Å². The summed E-state index contributed by atoms with van der Waals surface area (Å²) in [5.74, 6) is -0.919. The van der Waals surface area contributed by atoms with Crippen LogP contribution in [0.4, 0.5) is 24.5 Å². The van der Waals surface area contributed by atoms with Crippen LogP contribution in [0.25, 0.3) is 16.5 Å². The van der Waals surface area contributed by atoms with Crippen LogP contribution < -0.4 is 10.2 Å². The van der Waals surface area contributed by atoms with Crippen LogP contribution in [-0.4, -0.2) is 23.3 Å². The first-order valence-electron chi connectivity index (χ1n) is 11.6. The SMILES string of the molecule is CCCC(C)C(=O)N1CCC(=CC(=O)Nc2ccc3cccnc3c2)c2ccc(C(F)(F)F)cc21. The lowest BCUT2D eigenvalue weighted by Gasteiger charge is -2.33. The second-order valence-corrected chi connectivity index (χ2v) is 8.73. The zero-order valence-electron chi connectivity index (χ0n) is 19.5. The molecule has 3 aromatic rings. The molecular weight excluding hydrogens is 455 g/mol. The molecule has 2 amide bonds. The summed E-state index contributed by atoms with van der Waals surface area (Å²) in [6.45, 7) is 3.96. The molecule has 0 fully saturated rings. The summed E-state index contributed by atoms with van der Waals surface area (Å²) in [6.07, 6.45) is 0.322. The smallest absolute Gasteiger partial charge is 0.322 e. The molecule has 1 aromatic heterocycles. The van der Waals surface area contributed by atoms with Crippen LogP contribution >= 0.6 is 0 Å². The molecule has 0 bridgehead atoms. The Balaban J connectivity index is 1.65. The van der Waals surface area contributed by atoms with Gasteiger partial charge in [0.2, 0.25) is 11.8 Å². The third kappa shape index (κ3) is 5.37. The number of carbonyl (C=O) groups is 2. The van der Waals surface area contributed by atoms with Gasteiger partial charge >= 0.3 is 6.18 Å². The average Bonchev–Trinajstić information content (AvgIpc) is 2.83. The first kappa shape index (κ1) is 24.4. The molecule has 0 saturated heterocycles. The number of fused-ring (bicyclic) bond motifs is 2. The number of pyridine rings is 1. The van der Waals surface area contributed by atoms with E-state index >= 15 is 0 Å². The normalized spacial score (nSPS) is 15.7. The second-order valence-electron chi connectivity index (χ2n) is 8.73. The van der Waals surface area contributed by atoms with Gasteiger partial charge in [-0.3, -0.25) is 14.6 Å². The number of hydrogen-bond acceptors (Lipinski definition) is 3. The topological polar surface area (TPSA) is 62.3 Å². The number of carbonyl (C=O) groups excluding carboxylic acids is 2. The van der Waals surface area contributed by atoms with E-state index in [1.165, 1.54) is 17.0 Å². The first-order chi connectivity index (χ1) is 16.7. The van der Waals surface area contributed by atoms with Crippen LogP contribution in [0.3, 0.4) is 0 Å². The van der Waals surface area contributed by atoms with Crippen LogP contribution in [0.2, 0.25) is 0 Å². The highest BCUT2D eigenvalue weighted by atomic mass is 19.4. The summed E-state index contributed by atoms with van der Waals surface area (Å²) >= 11 is 0. The summed E-state index contributed by atoms with van der Waals surface area (Å²) in [5.41, 5.74) is 1.69. The van der Waals surface area contributed by atoms with Crippen molar-refractivity contribution in [2.75, 3.05) is 16.8 Å². The van der Waals surface area contributed by atoms with E-state index in [2.05, 4.69) is 10.3 Å². The molecule has 0 radical (unpaired) electrons. The Morgan fingerprint density at radius 3 is 2.71 bits per heavy atom. The highest BCUT2D eigenvalue weighted by Gasteiger charge is 2.34. The Labute approximate surface area is 201 Å². The Morgan fingerprint density at radius 1 is 1.17 bits per heavy atom. The minimum atomic E-state index is -4.54. The van der Waals surface area contributed by atoms with Crippen molar-refractivity contribution in [2.45, 2.75) is 39.3 Å². The van der Waals surface area contributed by atoms with Crippen molar-refractivity contribution in [2.24, 2.45) is 5.92 Å². The van der Waals surface area contributed by atoms with E-state index in [-0.39, 0.29) is 24.1 Å². The van der Waals surface area contributed by atoms with Crippen molar-refractivity contribution < 1.29 is 22.8 Å². The van der Waals surface area contributed by atoms with Gasteiger partial charge in [-0.2, -0.15) is 13.2 Å². The minimum Gasteiger partial charge on any atom is -0.322 e. The number of anilines is 2. The molecule has 0 spiro atoms. The Hall–Kier alpha value is -3.68. The number of aromatic nitrogens is 1. The van der Waals surface area contributed by atoms with Crippen LogP contribution in [-0.2, 0) is 15.8 Å². The standard InChI is InChI=1S/C27H26F3N3O2/c1-3-5-17(2)26(35)33-13-11-19(22-10-8-20(15-24(22)33)27(28,29)30)14-25(34)32-21-9-7-18-6-4-12-31-23(18)16-21/h4,6-10,12,14-17H,3,5,11,13H2,1-2H3,(H,32,34). The number of nitrogens with zero attached hydrogens (tertiary/aromatic N) is 2. The summed E-state index contributed by atoms with van der Waals surface area (Å²) < 4.78 is 40.3. The van der Waals surface area contributed by atoms with E-state index < -0.39 is 17.6 Å². The maximum Gasteiger partial charge on any atom is 0.416 e. The van der Waals surface area contributed by atoms with Gasteiger partial charge in [-0.1, -0.05) is 38.5 Å². The van der Waals surface area contributed by atoms with Gasteiger partial charge in [0.05, 0.1) is 16.8 Å². The Bertz CT molecular complexity index is 1300. The molecule has 4 rings (SSSR count). The number of nitrogens with one attached hydrogen (secondary N) is 1. The first-order valence-corrected chi connectivity index (χ1v) is 11.6. The number of alkyl halides is 3. The fraction of sp³-hybridized carbons (Fsp3) is 0.296. The molecule has 1 atom stereocenters. The van der Waals surface area contributed by atoms with Crippen molar-refractivity contribution in [1.82, 2.24) is 4.98 Å². The van der Waals surface area contributed by atoms with Crippen LogP contribution in [0.15, 0.2) is 60.8 Å². The second kappa shape index (κ2) is 9.90. The summed E-state index contributed by atoms with van der Waals surface area (Å²) in [4.78, 5) is 31.5. The van der Waals surface area contributed by atoms with Gasteiger partial charge in [-0.25, -0.2) is 0 Å². The van der Waals surface area contributed by atoms with Crippen molar-refractivity contribution >= 4 is 39.7 Å². The lowest BCUT2D eigenvalue weighted by Crippen LogP contribution is -2.39. The summed E-state index contributed by atoms with van der Waals surface area (Å²) in [5, 5.41) is 3.74. The van der Waals surface area contributed by atoms with E-state index in [1.807, 2.05) is 25.1 Å². The van der Waals surface area contributed by atoms with Gasteiger partial charge in [0.1, 0.15) is 0 Å². The lowest BCUT2D eigenvalue weighted by atomic mass is 9.92. The number of rotatable bonds is 5. The summed E-state index contributed by atoms with van der Waals surface area (Å²) in [6, 6.07) is 12.5. The van der Waals surface area contributed by atoms with Gasteiger partial charge in [-0.15, -0.1) is 0 Å². The average molecular weight is 482 g/mol. The monoisotopic (exact) mass is 481 g/mol. The maximum atomic E-state index is 13.4. The van der Waals surface area contributed by atoms with Crippen LogP contribution in [0, 0.1) is 5.92 Å². The molecule has 8 heteroatoms. The third-order valence-electron chi connectivity index (χ3n) is 6.15. The molecule has 0 aliphatic carbocycles. The molecule has 1 N–H and O–H groups in total. The fourth-order valence-electron chi connectivity index (χ4n) is 4.37. The fourth-order valence-corrected chi connectivity index (χ4v) is 4.37. The number of hydrogen-bond donors (Lipinski definition) is 1. The molecule has 1 aliphatic heterocycles. The predicted octanol–water partition coefficient (Wildman–Crippen LogP) is 6.45. The van der Waals surface area contributed by atoms with Gasteiger partial charge in [0.25, 0.3) is 0 Å². The van der Waals surface area contributed by atoms with Gasteiger partial charge in [0.15, 0.2) is 0 Å². The van der Waals surface area contributed by atoms with Crippen LogP contribution in [0.5, 0.6) is 0 Å². The van der Waals surface area contributed by atoms with Crippen molar-refractivity contribution in [3.63, 3.8) is 0 Å². The van der Waals surface area contributed by atoms with E-state index in [0.29, 0.717) is 29.7 Å². The highest BCUT2D eigenvalue weighted by Crippen LogP contribution is 2.40. The highest BCUT2D eigenvalue weighted by molar-refractivity contribution is 6.07. The number of halogens is 3. The summed E-state index contributed by atoms with van der Waals surface area (Å²) in [7, 11) is 0. The van der Waals surface area contributed by atoms with E-state index in [4.69, 9.17) is 0 Å². The zero-order chi connectivity index (χ0) is 25.2. The third-order valence-corrected chi connectivity index (χ3v) is 6.15. The molecule has 0 saturated carbocycles. The van der Waals surface area contributed by atoms with E-state index in [1.54, 1.807) is 25.3 Å². The minimum absolute atomic E-state index is 0.188. The molecule has 1 aliphatic rings. The molecule has 2 heterocycles. The van der Waals surface area contributed by atoms with Gasteiger partial charge in [-0.05, 0) is 48.7 Å². The van der Waals surface area contributed by atoms with Crippen molar-refractivity contribution in [3.8, 4) is 0 Å². The number of amides is 2. The van der Waals surface area contributed by atoms with Gasteiger partial charge < -0.3 is 10.2 Å².